The number of Topliss-reactive ketones (excluding diaryl/α,β-unsaturated/α-hetero) is 2. The van der Waals surface area contributed by atoms with E-state index in [4.69, 9.17) is 4.74 Å². The molecule has 0 saturated carbocycles. The molecule has 0 saturated heterocycles. The van der Waals surface area contributed by atoms with E-state index in [9.17, 15) is 9.59 Å². The van der Waals surface area contributed by atoms with Gasteiger partial charge in [0.05, 0.1) is 11.1 Å². The Hall–Kier alpha value is -2.42. The minimum absolute atomic E-state index is 0.0364. The van der Waals surface area contributed by atoms with Crippen molar-refractivity contribution in [3.63, 3.8) is 0 Å². The molecule has 1 aliphatic heterocycles. The highest BCUT2D eigenvalue weighted by Gasteiger charge is 2.38. The number of carbonyl (C=O) groups is 2. The molecule has 24 heavy (non-hydrogen) atoms. The summed E-state index contributed by atoms with van der Waals surface area (Å²) in [6.45, 7) is 11.3. The lowest BCUT2D eigenvalue weighted by molar-refractivity contribution is 0.101. The highest BCUT2D eigenvalue weighted by atomic mass is 16.5. The first kappa shape index (κ1) is 16.4. The molecule has 0 aliphatic carbocycles. The molecular formula is C21H22O3. The predicted octanol–water partition coefficient (Wildman–Crippen LogP) is 5.14. The Balaban J connectivity index is 2.39. The number of ketones is 2. The fraction of sp³-hybridized carbons (Fsp3) is 0.333. The van der Waals surface area contributed by atoms with Gasteiger partial charge in [-0.15, -0.1) is 0 Å². The van der Waals surface area contributed by atoms with Gasteiger partial charge in [-0.25, -0.2) is 0 Å². The topological polar surface area (TPSA) is 43.4 Å². The van der Waals surface area contributed by atoms with Gasteiger partial charge in [0.25, 0.3) is 0 Å². The van der Waals surface area contributed by atoms with Gasteiger partial charge in [-0.3, -0.25) is 9.59 Å². The number of aryl methyl sites for hydroxylation is 2. The fourth-order valence-electron chi connectivity index (χ4n) is 3.46. The summed E-state index contributed by atoms with van der Waals surface area (Å²) in [5.41, 5.74) is 4.81. The smallest absolute Gasteiger partial charge is 0.163 e. The first-order chi connectivity index (χ1) is 11.1. The zero-order chi connectivity index (χ0) is 17.8. The number of carbonyl (C=O) groups excluding carboxylic acids is 2. The van der Waals surface area contributed by atoms with E-state index in [1.165, 1.54) is 0 Å². The standard InChI is InChI=1S/C21H22O3/c1-11-7-15(13(3)22)19-17(9-11)21(5,6)18-10-12(2)8-16(14(4)23)20(18)24-19/h7-10H,1-6H3. The Bertz CT molecular complexity index is 817. The van der Waals surface area contributed by atoms with Crippen LogP contribution < -0.4 is 4.74 Å². The summed E-state index contributed by atoms with van der Waals surface area (Å²) < 4.78 is 6.17. The Morgan fingerprint density at radius 1 is 0.792 bits per heavy atom. The van der Waals surface area contributed by atoms with Crippen molar-refractivity contribution >= 4 is 11.6 Å². The average molecular weight is 322 g/mol. The van der Waals surface area contributed by atoms with Crippen molar-refractivity contribution in [1.82, 2.24) is 0 Å². The lowest BCUT2D eigenvalue weighted by atomic mass is 9.73. The molecule has 1 aliphatic rings. The van der Waals surface area contributed by atoms with Crippen molar-refractivity contribution in [2.75, 3.05) is 0 Å². The van der Waals surface area contributed by atoms with Crippen LogP contribution in [0, 0.1) is 13.8 Å². The van der Waals surface area contributed by atoms with Gasteiger partial charge in [0.2, 0.25) is 0 Å². The van der Waals surface area contributed by atoms with Crippen LogP contribution in [0.25, 0.3) is 0 Å². The van der Waals surface area contributed by atoms with E-state index in [1.54, 1.807) is 13.8 Å². The second-order valence-electron chi connectivity index (χ2n) is 7.22. The largest absolute Gasteiger partial charge is 0.455 e. The molecule has 0 fully saturated rings. The van der Waals surface area contributed by atoms with E-state index in [-0.39, 0.29) is 17.0 Å². The lowest BCUT2D eigenvalue weighted by Gasteiger charge is -2.36. The van der Waals surface area contributed by atoms with Crippen LogP contribution >= 0.6 is 0 Å². The predicted molar refractivity (Wildman–Crippen MR) is 94.6 cm³/mol. The molecule has 0 atom stereocenters. The number of benzene rings is 2. The number of fused-ring (bicyclic) bond motifs is 2. The van der Waals surface area contributed by atoms with Gasteiger partial charge in [-0.2, -0.15) is 0 Å². The fourth-order valence-corrected chi connectivity index (χ4v) is 3.46. The maximum atomic E-state index is 12.1. The van der Waals surface area contributed by atoms with Crippen molar-refractivity contribution in [3.8, 4) is 11.5 Å². The van der Waals surface area contributed by atoms with Gasteiger partial charge in [0, 0.05) is 16.5 Å². The first-order valence-electron chi connectivity index (χ1n) is 8.13. The van der Waals surface area contributed by atoms with Crippen molar-refractivity contribution < 1.29 is 14.3 Å². The van der Waals surface area contributed by atoms with Gasteiger partial charge in [0.15, 0.2) is 11.6 Å². The van der Waals surface area contributed by atoms with Crippen LogP contribution in [0.15, 0.2) is 24.3 Å². The zero-order valence-electron chi connectivity index (χ0n) is 15.0. The van der Waals surface area contributed by atoms with E-state index in [0.717, 1.165) is 22.3 Å². The van der Waals surface area contributed by atoms with Crippen molar-refractivity contribution in [2.24, 2.45) is 0 Å². The molecule has 0 N–H and O–H groups in total. The Morgan fingerprint density at radius 3 is 1.50 bits per heavy atom. The molecule has 124 valence electrons. The minimum atomic E-state index is -0.352. The second-order valence-corrected chi connectivity index (χ2v) is 7.22. The second kappa shape index (κ2) is 5.30. The Morgan fingerprint density at radius 2 is 1.17 bits per heavy atom. The summed E-state index contributed by atoms with van der Waals surface area (Å²) >= 11 is 0. The molecule has 0 amide bonds. The Labute approximate surface area is 142 Å². The van der Waals surface area contributed by atoms with Gasteiger partial charge in [-0.05, 0) is 51.0 Å². The molecule has 3 heteroatoms. The lowest BCUT2D eigenvalue weighted by Crippen LogP contribution is -2.27. The maximum Gasteiger partial charge on any atom is 0.163 e. The molecule has 0 unspecified atom stereocenters. The van der Waals surface area contributed by atoms with Crippen LogP contribution in [-0.2, 0) is 5.41 Å². The van der Waals surface area contributed by atoms with Gasteiger partial charge in [0.1, 0.15) is 11.5 Å². The number of rotatable bonds is 2. The molecule has 0 aromatic heterocycles. The van der Waals surface area contributed by atoms with Crippen LogP contribution in [0.2, 0.25) is 0 Å². The van der Waals surface area contributed by atoms with Crippen LogP contribution in [0.1, 0.15) is 70.7 Å². The molecule has 1 heterocycles. The van der Waals surface area contributed by atoms with Crippen molar-refractivity contribution in [3.05, 3.63) is 57.6 Å². The van der Waals surface area contributed by atoms with E-state index in [2.05, 4.69) is 26.0 Å². The van der Waals surface area contributed by atoms with E-state index >= 15 is 0 Å². The van der Waals surface area contributed by atoms with Crippen LogP contribution in [-0.4, -0.2) is 11.6 Å². The third-order valence-corrected chi connectivity index (χ3v) is 4.78. The molecule has 0 spiro atoms. The van der Waals surface area contributed by atoms with E-state index in [1.807, 2.05) is 26.0 Å². The van der Waals surface area contributed by atoms with Gasteiger partial charge >= 0.3 is 0 Å². The maximum absolute atomic E-state index is 12.1. The van der Waals surface area contributed by atoms with Crippen molar-refractivity contribution in [1.29, 1.82) is 0 Å². The first-order valence-corrected chi connectivity index (χ1v) is 8.13. The monoisotopic (exact) mass is 322 g/mol. The summed E-state index contributed by atoms with van der Waals surface area (Å²) in [6.07, 6.45) is 0. The van der Waals surface area contributed by atoms with E-state index < -0.39 is 0 Å². The molecule has 2 aromatic rings. The third kappa shape index (κ3) is 2.35. The van der Waals surface area contributed by atoms with Crippen molar-refractivity contribution in [2.45, 2.75) is 47.0 Å². The summed E-state index contributed by atoms with van der Waals surface area (Å²) in [5.74, 6) is 1.09. The van der Waals surface area contributed by atoms with E-state index in [0.29, 0.717) is 22.6 Å². The van der Waals surface area contributed by atoms with Crippen LogP contribution in [0.4, 0.5) is 0 Å². The molecular weight excluding hydrogens is 300 g/mol. The highest BCUT2D eigenvalue weighted by Crippen LogP contribution is 2.51. The quantitative estimate of drug-likeness (QED) is 0.719. The van der Waals surface area contributed by atoms with Crippen LogP contribution in [0.3, 0.4) is 0 Å². The minimum Gasteiger partial charge on any atom is -0.455 e. The molecule has 2 aromatic carbocycles. The number of hydrogen-bond acceptors (Lipinski definition) is 3. The molecule has 3 nitrogen and oxygen atoms in total. The summed E-state index contributed by atoms with van der Waals surface area (Å²) in [5, 5.41) is 0. The Kier molecular flexibility index (Phi) is 3.63. The SMILES string of the molecule is CC(=O)c1cc(C)cc2c1Oc1c(C(C)=O)cc(C)cc1C2(C)C. The zero-order valence-corrected chi connectivity index (χ0v) is 15.0. The van der Waals surface area contributed by atoms with Crippen LogP contribution in [0.5, 0.6) is 11.5 Å². The summed E-state index contributed by atoms with van der Waals surface area (Å²) in [6, 6.07) is 7.84. The summed E-state index contributed by atoms with van der Waals surface area (Å²) in [4.78, 5) is 24.2. The van der Waals surface area contributed by atoms with Gasteiger partial charge in [-0.1, -0.05) is 26.0 Å². The molecule has 3 rings (SSSR count). The molecule has 0 radical (unpaired) electrons. The highest BCUT2D eigenvalue weighted by molar-refractivity contribution is 6.00. The van der Waals surface area contributed by atoms with Gasteiger partial charge < -0.3 is 4.74 Å². The molecule has 0 bridgehead atoms. The average Bonchev–Trinajstić information content (AvgIpc) is 2.47. The number of hydrogen-bond donors (Lipinski definition) is 0. The number of ether oxygens (including phenoxy) is 1. The third-order valence-electron chi connectivity index (χ3n) is 4.78. The summed E-state index contributed by atoms with van der Waals surface area (Å²) in [7, 11) is 0. The normalized spacial score (nSPS) is 14.4.